The second kappa shape index (κ2) is 11.4. The molecule has 4 heteroatoms. The van der Waals surface area contributed by atoms with E-state index in [1.54, 1.807) is 24.3 Å². The average molecular weight is 388 g/mol. The van der Waals surface area contributed by atoms with Gasteiger partial charge < -0.3 is 4.89 Å². The van der Waals surface area contributed by atoms with Crippen LogP contribution >= 0.6 is 7.37 Å². The zero-order valence-electron chi connectivity index (χ0n) is 16.5. The van der Waals surface area contributed by atoms with Crippen molar-refractivity contribution in [2.75, 3.05) is 0 Å². The SMILES string of the molecule is CCCCCCCCCCc1ccc(C(=O)P(=O)(O)C2=CCCC=C2)cc1. The standard InChI is InChI=1S/C23H33O3P/c1-2-3-4-5-6-7-8-10-13-20-16-18-21(19-17-20)23(24)27(25,26)22-14-11-9-12-15-22/h11,14-19H,2-10,12-13H2,1H3,(H,25,26). The molecule has 0 radical (unpaired) electrons. The maximum atomic E-state index is 12.6. The molecule has 0 fully saturated rings. The number of hydrogen-bond acceptors (Lipinski definition) is 2. The number of hydrogen-bond donors (Lipinski definition) is 1. The van der Waals surface area contributed by atoms with Crippen LogP contribution < -0.4 is 0 Å². The molecule has 1 aromatic rings. The van der Waals surface area contributed by atoms with Crippen molar-refractivity contribution in [3.05, 3.63) is 58.9 Å². The molecular weight excluding hydrogens is 355 g/mol. The Bertz CT molecular complexity index is 701. The molecule has 0 amide bonds. The van der Waals surface area contributed by atoms with E-state index in [1.807, 2.05) is 18.2 Å². The minimum absolute atomic E-state index is 0.266. The lowest BCUT2D eigenvalue weighted by atomic mass is 10.0. The highest BCUT2D eigenvalue weighted by Crippen LogP contribution is 2.53. The Balaban J connectivity index is 1.79. The molecule has 1 unspecified atom stereocenters. The molecule has 0 aliphatic heterocycles. The van der Waals surface area contributed by atoms with E-state index in [0.717, 1.165) is 19.3 Å². The summed E-state index contributed by atoms with van der Waals surface area (Å²) in [5, 5.41) is 0.266. The van der Waals surface area contributed by atoms with E-state index in [0.29, 0.717) is 12.0 Å². The van der Waals surface area contributed by atoms with Gasteiger partial charge in [0.05, 0.1) is 0 Å². The molecule has 0 aromatic heterocycles. The van der Waals surface area contributed by atoms with Gasteiger partial charge in [0, 0.05) is 10.9 Å². The zero-order chi connectivity index (χ0) is 19.5. The van der Waals surface area contributed by atoms with Gasteiger partial charge in [-0.15, -0.1) is 0 Å². The van der Waals surface area contributed by atoms with E-state index in [9.17, 15) is 14.3 Å². The molecule has 0 spiro atoms. The minimum atomic E-state index is -4.00. The van der Waals surface area contributed by atoms with Crippen molar-refractivity contribution in [1.82, 2.24) is 0 Å². The second-order valence-electron chi connectivity index (χ2n) is 7.41. The Morgan fingerprint density at radius 2 is 1.59 bits per heavy atom. The topological polar surface area (TPSA) is 54.4 Å². The summed E-state index contributed by atoms with van der Waals surface area (Å²) < 4.78 is 12.6. The molecule has 0 bridgehead atoms. The van der Waals surface area contributed by atoms with E-state index in [4.69, 9.17) is 0 Å². The Kier molecular flexibility index (Phi) is 9.24. The van der Waals surface area contributed by atoms with Crippen molar-refractivity contribution in [3.63, 3.8) is 0 Å². The molecule has 0 saturated heterocycles. The summed E-state index contributed by atoms with van der Waals surface area (Å²) in [6.45, 7) is 2.24. The van der Waals surface area contributed by atoms with Crippen LogP contribution in [-0.2, 0) is 11.0 Å². The molecular formula is C23H33O3P. The summed E-state index contributed by atoms with van der Waals surface area (Å²) in [5.41, 5.74) is 0.835. The van der Waals surface area contributed by atoms with Crippen LogP contribution in [0, 0.1) is 0 Å². The lowest BCUT2D eigenvalue weighted by Crippen LogP contribution is -2.03. The molecule has 148 valence electrons. The molecule has 0 heterocycles. The molecule has 1 N–H and O–H groups in total. The first kappa shape index (κ1) is 21.9. The van der Waals surface area contributed by atoms with Crippen molar-refractivity contribution in [3.8, 4) is 0 Å². The molecule has 27 heavy (non-hydrogen) atoms. The van der Waals surface area contributed by atoms with Crippen LogP contribution in [0.15, 0.2) is 47.8 Å². The zero-order valence-corrected chi connectivity index (χ0v) is 17.4. The lowest BCUT2D eigenvalue weighted by Gasteiger charge is -2.14. The summed E-state index contributed by atoms with van der Waals surface area (Å²) >= 11 is 0. The third kappa shape index (κ3) is 6.90. The second-order valence-corrected chi connectivity index (χ2v) is 9.49. The van der Waals surface area contributed by atoms with Crippen LogP contribution in [0.25, 0.3) is 0 Å². The van der Waals surface area contributed by atoms with Crippen molar-refractivity contribution >= 4 is 12.9 Å². The van der Waals surface area contributed by atoms with Crippen LogP contribution in [0.4, 0.5) is 0 Å². The van der Waals surface area contributed by atoms with E-state index in [2.05, 4.69) is 6.92 Å². The Morgan fingerprint density at radius 1 is 0.963 bits per heavy atom. The van der Waals surface area contributed by atoms with E-state index in [-0.39, 0.29) is 5.31 Å². The van der Waals surface area contributed by atoms with Crippen LogP contribution in [0.2, 0.25) is 0 Å². The van der Waals surface area contributed by atoms with Gasteiger partial charge in [-0.05, 0) is 31.2 Å². The monoisotopic (exact) mass is 388 g/mol. The molecule has 0 saturated carbocycles. The van der Waals surface area contributed by atoms with Crippen LogP contribution in [0.5, 0.6) is 0 Å². The van der Waals surface area contributed by atoms with Gasteiger partial charge in [-0.1, -0.05) is 94.4 Å². The summed E-state index contributed by atoms with van der Waals surface area (Å²) in [4.78, 5) is 22.8. The summed E-state index contributed by atoms with van der Waals surface area (Å²) in [6.07, 6.45) is 18.0. The number of carbonyl (C=O) groups is 1. The normalized spacial score (nSPS) is 16.0. The fourth-order valence-electron chi connectivity index (χ4n) is 3.39. The van der Waals surface area contributed by atoms with Crippen molar-refractivity contribution in [1.29, 1.82) is 0 Å². The van der Waals surface area contributed by atoms with Gasteiger partial charge >= 0.3 is 0 Å². The Morgan fingerprint density at radius 3 is 2.19 bits per heavy atom. The highest BCUT2D eigenvalue weighted by Gasteiger charge is 2.33. The van der Waals surface area contributed by atoms with Crippen LogP contribution in [0.1, 0.15) is 87.1 Å². The molecule has 1 aliphatic carbocycles. The third-order valence-electron chi connectivity index (χ3n) is 5.12. The molecule has 2 rings (SSSR count). The first-order valence-corrected chi connectivity index (χ1v) is 12.1. The van der Waals surface area contributed by atoms with Gasteiger partial charge in [-0.2, -0.15) is 0 Å². The first-order chi connectivity index (χ1) is 13.1. The largest absolute Gasteiger partial charge is 0.336 e. The highest BCUT2D eigenvalue weighted by atomic mass is 31.2. The number of allylic oxidation sites excluding steroid dienone is 4. The van der Waals surface area contributed by atoms with Gasteiger partial charge in [0.25, 0.3) is 12.9 Å². The minimum Gasteiger partial charge on any atom is -0.336 e. The fraction of sp³-hybridized carbons (Fsp3) is 0.522. The summed E-state index contributed by atoms with van der Waals surface area (Å²) in [6, 6.07) is 7.22. The number of aryl methyl sites for hydroxylation is 1. The van der Waals surface area contributed by atoms with E-state index >= 15 is 0 Å². The summed E-state index contributed by atoms with van der Waals surface area (Å²) in [5.74, 6) is 0. The van der Waals surface area contributed by atoms with Crippen LogP contribution in [0.3, 0.4) is 0 Å². The number of unbranched alkanes of at least 4 members (excludes halogenated alkanes) is 7. The predicted molar refractivity (Wildman–Crippen MR) is 113 cm³/mol. The highest BCUT2D eigenvalue weighted by molar-refractivity contribution is 7.80. The fourth-order valence-corrected chi connectivity index (χ4v) is 4.81. The summed E-state index contributed by atoms with van der Waals surface area (Å²) in [7, 11) is -4.00. The van der Waals surface area contributed by atoms with Gasteiger partial charge in [-0.25, -0.2) is 0 Å². The molecule has 1 atom stereocenters. The van der Waals surface area contributed by atoms with Crippen molar-refractivity contribution in [2.45, 2.75) is 77.6 Å². The van der Waals surface area contributed by atoms with Crippen molar-refractivity contribution < 1.29 is 14.3 Å². The maximum absolute atomic E-state index is 12.6. The first-order valence-electron chi connectivity index (χ1n) is 10.4. The third-order valence-corrected chi connectivity index (χ3v) is 6.96. The van der Waals surface area contributed by atoms with Gasteiger partial charge in [-0.3, -0.25) is 9.36 Å². The lowest BCUT2D eigenvalue weighted by molar-refractivity contribution is 0.106. The van der Waals surface area contributed by atoms with E-state index < -0.39 is 12.9 Å². The quantitative estimate of drug-likeness (QED) is 0.309. The smallest absolute Gasteiger partial charge is 0.297 e. The predicted octanol–water partition coefficient (Wildman–Crippen LogP) is 7.01. The van der Waals surface area contributed by atoms with Gasteiger partial charge in [0.15, 0.2) is 0 Å². The number of rotatable bonds is 12. The number of carbonyl (C=O) groups excluding carboxylic acids is 1. The van der Waals surface area contributed by atoms with E-state index in [1.165, 1.54) is 50.5 Å². The molecule has 3 nitrogen and oxygen atoms in total. The Labute approximate surface area is 164 Å². The number of benzene rings is 1. The molecule has 1 aliphatic rings. The van der Waals surface area contributed by atoms with Crippen LogP contribution in [-0.4, -0.2) is 10.4 Å². The Hall–Kier alpha value is -1.44. The maximum Gasteiger partial charge on any atom is 0.297 e. The van der Waals surface area contributed by atoms with Gasteiger partial charge in [0.1, 0.15) is 0 Å². The molecule has 1 aromatic carbocycles. The van der Waals surface area contributed by atoms with Gasteiger partial charge in [0.2, 0.25) is 0 Å². The van der Waals surface area contributed by atoms with Crippen molar-refractivity contribution in [2.24, 2.45) is 0 Å². The average Bonchev–Trinajstić information content (AvgIpc) is 2.70.